The Morgan fingerprint density at radius 3 is 2.65 bits per heavy atom. The minimum absolute atomic E-state index is 0.0268. The van der Waals surface area contributed by atoms with Crippen LogP contribution in [0.25, 0.3) is 0 Å². The smallest absolute Gasteiger partial charge is 0.387 e. The van der Waals surface area contributed by atoms with Gasteiger partial charge in [0, 0.05) is 6.54 Å². The second-order valence-corrected chi connectivity index (χ2v) is 5.89. The van der Waals surface area contributed by atoms with Crippen molar-refractivity contribution in [2.24, 2.45) is 0 Å². The largest absolute Gasteiger partial charge is 0.435 e. The van der Waals surface area contributed by atoms with Crippen LogP contribution < -0.4 is 15.4 Å². The lowest BCUT2D eigenvalue weighted by Crippen LogP contribution is -2.57. The highest BCUT2D eigenvalue weighted by Crippen LogP contribution is 2.21. The lowest BCUT2D eigenvalue weighted by molar-refractivity contribution is -0.128. The van der Waals surface area contributed by atoms with Crippen LogP contribution >= 0.6 is 0 Å². The van der Waals surface area contributed by atoms with Crippen molar-refractivity contribution >= 4 is 5.91 Å². The van der Waals surface area contributed by atoms with Gasteiger partial charge in [0.1, 0.15) is 5.75 Å². The fraction of sp³-hybridized carbons (Fsp3) is 0.562. The van der Waals surface area contributed by atoms with Gasteiger partial charge in [-0.1, -0.05) is 12.1 Å². The summed E-state index contributed by atoms with van der Waals surface area (Å²) in [5, 5.41) is 16.0. The number of rotatable bonds is 6. The van der Waals surface area contributed by atoms with Gasteiger partial charge >= 0.3 is 6.61 Å². The Bertz CT molecular complexity index is 517. The molecule has 0 bridgehead atoms. The number of aliphatic hydroxyl groups is 1. The Morgan fingerprint density at radius 1 is 1.39 bits per heavy atom. The van der Waals surface area contributed by atoms with Gasteiger partial charge in [-0.05, 0) is 50.4 Å². The van der Waals surface area contributed by atoms with Crippen LogP contribution in [0.5, 0.6) is 5.75 Å². The molecule has 1 aliphatic heterocycles. The number of amides is 1. The standard InChI is InChI=1S/C16H22F2N2O3/c1-16(8-2-3-9-20-16)14(22)19-10-13(21)11-4-6-12(7-5-11)23-15(17)18/h4-7,13,15,20-21H,2-3,8-10H2,1H3,(H,19,22). The third-order valence-corrected chi connectivity index (χ3v) is 4.07. The Labute approximate surface area is 134 Å². The summed E-state index contributed by atoms with van der Waals surface area (Å²) in [4.78, 5) is 12.2. The summed E-state index contributed by atoms with van der Waals surface area (Å²) in [6.07, 6.45) is 1.89. The van der Waals surface area contributed by atoms with Gasteiger partial charge in [-0.15, -0.1) is 0 Å². The highest BCUT2D eigenvalue weighted by Gasteiger charge is 2.34. The van der Waals surface area contributed by atoms with Crippen LogP contribution in [0.15, 0.2) is 24.3 Å². The van der Waals surface area contributed by atoms with E-state index in [1.165, 1.54) is 24.3 Å². The van der Waals surface area contributed by atoms with E-state index in [1.807, 2.05) is 6.92 Å². The Kier molecular flexibility index (Phi) is 5.90. The van der Waals surface area contributed by atoms with Gasteiger partial charge in [0.05, 0.1) is 11.6 Å². The molecule has 0 radical (unpaired) electrons. The zero-order valence-electron chi connectivity index (χ0n) is 13.0. The molecule has 1 aliphatic rings. The summed E-state index contributed by atoms with van der Waals surface area (Å²) in [6.45, 7) is -0.165. The fourth-order valence-electron chi connectivity index (χ4n) is 2.62. The number of ether oxygens (including phenoxy) is 1. The molecule has 1 aromatic carbocycles. The predicted molar refractivity (Wildman–Crippen MR) is 81.3 cm³/mol. The van der Waals surface area contributed by atoms with Crippen molar-refractivity contribution < 1.29 is 23.4 Å². The molecule has 0 aliphatic carbocycles. The first-order chi connectivity index (χ1) is 10.9. The van der Waals surface area contributed by atoms with Gasteiger partial charge in [0.25, 0.3) is 0 Å². The van der Waals surface area contributed by atoms with Crippen LogP contribution in [0.2, 0.25) is 0 Å². The molecule has 2 unspecified atom stereocenters. The van der Waals surface area contributed by atoms with E-state index in [9.17, 15) is 18.7 Å². The molecule has 1 fully saturated rings. The average molecular weight is 328 g/mol. The first kappa shape index (κ1) is 17.6. The van der Waals surface area contributed by atoms with E-state index in [0.717, 1.165) is 25.8 Å². The zero-order chi connectivity index (χ0) is 16.9. The third-order valence-electron chi connectivity index (χ3n) is 4.07. The Morgan fingerprint density at radius 2 is 2.09 bits per heavy atom. The minimum atomic E-state index is -2.88. The average Bonchev–Trinajstić information content (AvgIpc) is 2.53. The molecule has 0 spiro atoms. The number of carbonyl (C=O) groups excluding carboxylic acids is 1. The molecular weight excluding hydrogens is 306 g/mol. The highest BCUT2D eigenvalue weighted by atomic mass is 19.3. The van der Waals surface area contributed by atoms with E-state index >= 15 is 0 Å². The quantitative estimate of drug-likeness (QED) is 0.747. The van der Waals surface area contributed by atoms with Gasteiger partial charge in [0.15, 0.2) is 0 Å². The van der Waals surface area contributed by atoms with Crippen molar-refractivity contribution in [1.29, 1.82) is 0 Å². The maximum atomic E-state index is 12.2. The number of benzene rings is 1. The number of halogens is 2. The van der Waals surface area contributed by atoms with Crippen molar-refractivity contribution in [3.63, 3.8) is 0 Å². The SMILES string of the molecule is CC1(C(=O)NCC(O)c2ccc(OC(F)F)cc2)CCCCN1. The molecule has 23 heavy (non-hydrogen) atoms. The second-order valence-electron chi connectivity index (χ2n) is 5.89. The molecule has 1 aromatic rings. The topological polar surface area (TPSA) is 70.6 Å². The summed E-state index contributed by atoms with van der Waals surface area (Å²) in [6, 6.07) is 5.71. The van der Waals surface area contributed by atoms with Crippen molar-refractivity contribution in [2.45, 2.75) is 44.4 Å². The number of nitrogens with one attached hydrogen (secondary N) is 2. The van der Waals surface area contributed by atoms with E-state index in [4.69, 9.17) is 0 Å². The lowest BCUT2D eigenvalue weighted by atomic mass is 9.90. The molecule has 128 valence electrons. The van der Waals surface area contributed by atoms with E-state index in [2.05, 4.69) is 15.4 Å². The lowest BCUT2D eigenvalue weighted by Gasteiger charge is -2.33. The van der Waals surface area contributed by atoms with Gasteiger partial charge in [-0.25, -0.2) is 0 Å². The number of alkyl halides is 2. The fourth-order valence-corrected chi connectivity index (χ4v) is 2.62. The third kappa shape index (κ3) is 4.87. The number of aliphatic hydroxyl groups excluding tert-OH is 1. The maximum absolute atomic E-state index is 12.2. The Hall–Kier alpha value is -1.73. The van der Waals surface area contributed by atoms with Crippen LogP contribution in [0.4, 0.5) is 8.78 Å². The predicted octanol–water partition coefficient (Wildman–Crippen LogP) is 1.97. The molecule has 3 N–H and O–H groups in total. The zero-order valence-corrected chi connectivity index (χ0v) is 13.0. The van der Waals surface area contributed by atoms with Gasteiger partial charge in [0.2, 0.25) is 5.91 Å². The first-order valence-corrected chi connectivity index (χ1v) is 7.67. The molecule has 5 nitrogen and oxygen atoms in total. The van der Waals surface area contributed by atoms with Gasteiger partial charge < -0.3 is 20.5 Å². The second kappa shape index (κ2) is 7.70. The van der Waals surface area contributed by atoms with Crippen molar-refractivity contribution in [3.8, 4) is 5.75 Å². The van der Waals surface area contributed by atoms with Crippen LogP contribution in [-0.4, -0.2) is 36.3 Å². The van der Waals surface area contributed by atoms with Crippen LogP contribution in [-0.2, 0) is 4.79 Å². The van der Waals surface area contributed by atoms with Crippen LogP contribution in [0, 0.1) is 0 Å². The van der Waals surface area contributed by atoms with E-state index < -0.39 is 18.3 Å². The minimum Gasteiger partial charge on any atom is -0.435 e. The monoisotopic (exact) mass is 328 g/mol. The van der Waals surface area contributed by atoms with Crippen molar-refractivity contribution in [3.05, 3.63) is 29.8 Å². The summed E-state index contributed by atoms with van der Waals surface area (Å²) >= 11 is 0. The normalized spacial score (nSPS) is 22.7. The summed E-state index contributed by atoms with van der Waals surface area (Å²) in [5.74, 6) is -0.118. The van der Waals surface area contributed by atoms with Crippen LogP contribution in [0.1, 0.15) is 37.9 Å². The number of hydrogen-bond acceptors (Lipinski definition) is 4. The Balaban J connectivity index is 1.86. The van der Waals surface area contributed by atoms with E-state index in [0.29, 0.717) is 5.56 Å². The first-order valence-electron chi connectivity index (χ1n) is 7.67. The number of piperidine rings is 1. The van der Waals surface area contributed by atoms with Crippen molar-refractivity contribution in [1.82, 2.24) is 10.6 Å². The van der Waals surface area contributed by atoms with E-state index in [-0.39, 0.29) is 18.2 Å². The molecule has 0 saturated carbocycles. The van der Waals surface area contributed by atoms with Crippen LogP contribution in [0.3, 0.4) is 0 Å². The molecule has 7 heteroatoms. The molecule has 1 saturated heterocycles. The summed E-state index contributed by atoms with van der Waals surface area (Å²) in [7, 11) is 0. The summed E-state index contributed by atoms with van der Waals surface area (Å²) in [5.41, 5.74) is -0.0823. The number of carbonyl (C=O) groups is 1. The van der Waals surface area contributed by atoms with Gasteiger partial charge in [-0.2, -0.15) is 8.78 Å². The van der Waals surface area contributed by atoms with E-state index in [1.54, 1.807) is 0 Å². The molecule has 1 heterocycles. The molecule has 2 rings (SSSR count). The molecule has 2 atom stereocenters. The highest BCUT2D eigenvalue weighted by molar-refractivity contribution is 5.86. The maximum Gasteiger partial charge on any atom is 0.387 e. The molecular formula is C16H22F2N2O3. The van der Waals surface area contributed by atoms with Gasteiger partial charge in [-0.3, -0.25) is 4.79 Å². The number of hydrogen-bond donors (Lipinski definition) is 3. The summed E-state index contributed by atoms with van der Waals surface area (Å²) < 4.78 is 28.4. The van der Waals surface area contributed by atoms with Crippen molar-refractivity contribution in [2.75, 3.05) is 13.1 Å². The molecule has 0 aromatic heterocycles. The molecule has 1 amide bonds.